The second kappa shape index (κ2) is 6.00. The lowest BCUT2D eigenvalue weighted by Gasteiger charge is -2.06. The topological polar surface area (TPSA) is 55.4 Å². The summed E-state index contributed by atoms with van der Waals surface area (Å²) in [6, 6.07) is 5.16. The molecule has 1 rings (SSSR count). The number of amides is 1. The molecular formula is C10H9Br2NO3. The molecule has 1 aromatic carbocycles. The van der Waals surface area contributed by atoms with Gasteiger partial charge in [0.15, 0.2) is 0 Å². The molecule has 0 aliphatic rings. The number of rotatable bonds is 3. The molecule has 1 aromatic rings. The van der Waals surface area contributed by atoms with E-state index in [1.165, 1.54) is 7.11 Å². The Morgan fingerprint density at radius 2 is 2.06 bits per heavy atom. The quantitative estimate of drug-likeness (QED) is 0.849. The van der Waals surface area contributed by atoms with Gasteiger partial charge in [0.1, 0.15) is 6.54 Å². The first-order valence-corrected chi connectivity index (χ1v) is 5.93. The van der Waals surface area contributed by atoms with Crippen LogP contribution in [0.2, 0.25) is 0 Å². The number of methoxy groups -OCH3 is 1. The SMILES string of the molecule is COC(=O)CNC(=O)c1ccc(Br)cc1Br. The largest absolute Gasteiger partial charge is 0.468 e. The first kappa shape index (κ1) is 13.2. The van der Waals surface area contributed by atoms with Crippen molar-refractivity contribution in [2.45, 2.75) is 0 Å². The van der Waals surface area contributed by atoms with Crippen LogP contribution in [0.4, 0.5) is 0 Å². The fraction of sp³-hybridized carbons (Fsp3) is 0.200. The van der Waals surface area contributed by atoms with Crippen molar-refractivity contribution >= 4 is 43.7 Å². The number of carbonyl (C=O) groups is 2. The monoisotopic (exact) mass is 349 g/mol. The summed E-state index contributed by atoms with van der Waals surface area (Å²) >= 11 is 6.55. The minimum absolute atomic E-state index is 0.141. The molecule has 86 valence electrons. The van der Waals surface area contributed by atoms with E-state index in [-0.39, 0.29) is 12.5 Å². The molecule has 1 N–H and O–H groups in total. The summed E-state index contributed by atoms with van der Waals surface area (Å²) in [5.74, 6) is -0.814. The van der Waals surface area contributed by atoms with Crippen LogP contribution in [-0.2, 0) is 9.53 Å². The minimum atomic E-state index is -0.485. The highest BCUT2D eigenvalue weighted by Gasteiger charge is 2.11. The normalized spacial score (nSPS) is 9.69. The second-order valence-corrected chi connectivity index (χ2v) is 4.65. The summed E-state index contributed by atoms with van der Waals surface area (Å²) in [7, 11) is 1.27. The van der Waals surface area contributed by atoms with Gasteiger partial charge in [-0.2, -0.15) is 0 Å². The molecule has 0 bridgehead atoms. The number of benzene rings is 1. The van der Waals surface area contributed by atoms with Crippen molar-refractivity contribution in [2.24, 2.45) is 0 Å². The maximum absolute atomic E-state index is 11.6. The summed E-state index contributed by atoms with van der Waals surface area (Å²) in [4.78, 5) is 22.5. The van der Waals surface area contributed by atoms with E-state index in [0.29, 0.717) is 10.0 Å². The van der Waals surface area contributed by atoms with E-state index in [1.807, 2.05) is 0 Å². The lowest BCUT2D eigenvalue weighted by atomic mass is 10.2. The third kappa shape index (κ3) is 3.61. The summed E-state index contributed by atoms with van der Waals surface area (Å²) in [6.45, 7) is -0.141. The highest BCUT2D eigenvalue weighted by molar-refractivity contribution is 9.11. The van der Waals surface area contributed by atoms with Gasteiger partial charge in [-0.15, -0.1) is 0 Å². The molecular weight excluding hydrogens is 342 g/mol. The van der Waals surface area contributed by atoms with Gasteiger partial charge in [-0.3, -0.25) is 9.59 Å². The maximum Gasteiger partial charge on any atom is 0.325 e. The van der Waals surface area contributed by atoms with Crippen molar-refractivity contribution in [3.63, 3.8) is 0 Å². The van der Waals surface area contributed by atoms with Gasteiger partial charge in [-0.1, -0.05) is 15.9 Å². The molecule has 16 heavy (non-hydrogen) atoms. The Bertz CT molecular complexity index is 421. The third-order valence-corrected chi connectivity index (χ3v) is 2.95. The van der Waals surface area contributed by atoms with E-state index >= 15 is 0 Å². The highest BCUT2D eigenvalue weighted by atomic mass is 79.9. The van der Waals surface area contributed by atoms with Crippen LogP contribution in [0, 0.1) is 0 Å². The van der Waals surface area contributed by atoms with Gasteiger partial charge in [-0.25, -0.2) is 0 Å². The van der Waals surface area contributed by atoms with Crippen molar-refractivity contribution in [3.8, 4) is 0 Å². The van der Waals surface area contributed by atoms with Gasteiger partial charge in [0.05, 0.1) is 12.7 Å². The molecule has 0 saturated carbocycles. The zero-order valence-electron chi connectivity index (χ0n) is 8.42. The molecule has 0 aliphatic heterocycles. The molecule has 6 heteroatoms. The Balaban J connectivity index is 2.70. The van der Waals surface area contributed by atoms with Crippen LogP contribution in [0.5, 0.6) is 0 Å². The molecule has 1 amide bonds. The van der Waals surface area contributed by atoms with Crippen LogP contribution in [-0.4, -0.2) is 25.5 Å². The summed E-state index contributed by atoms with van der Waals surface area (Å²) in [5, 5.41) is 2.45. The van der Waals surface area contributed by atoms with Crippen molar-refractivity contribution in [1.29, 1.82) is 0 Å². The smallest absolute Gasteiger partial charge is 0.325 e. The van der Waals surface area contributed by atoms with Gasteiger partial charge in [0, 0.05) is 8.95 Å². The predicted octanol–water partition coefficient (Wildman–Crippen LogP) is 2.11. The van der Waals surface area contributed by atoms with Crippen LogP contribution < -0.4 is 5.32 Å². The lowest BCUT2D eigenvalue weighted by molar-refractivity contribution is -0.139. The average molecular weight is 351 g/mol. The van der Waals surface area contributed by atoms with Crippen molar-refractivity contribution in [1.82, 2.24) is 5.32 Å². The third-order valence-electron chi connectivity index (χ3n) is 1.80. The Labute approximate surface area is 110 Å². The number of carbonyl (C=O) groups excluding carboxylic acids is 2. The van der Waals surface area contributed by atoms with E-state index in [4.69, 9.17) is 0 Å². The van der Waals surface area contributed by atoms with Gasteiger partial charge in [-0.05, 0) is 34.1 Å². The van der Waals surface area contributed by atoms with Crippen LogP contribution in [0.1, 0.15) is 10.4 Å². The van der Waals surface area contributed by atoms with Crippen LogP contribution >= 0.6 is 31.9 Å². The fourth-order valence-corrected chi connectivity index (χ4v) is 2.22. The molecule has 0 heterocycles. The predicted molar refractivity (Wildman–Crippen MR) is 66.2 cm³/mol. The highest BCUT2D eigenvalue weighted by Crippen LogP contribution is 2.21. The molecule has 0 radical (unpaired) electrons. The number of nitrogens with one attached hydrogen (secondary N) is 1. The Kier molecular flexibility index (Phi) is 4.95. The minimum Gasteiger partial charge on any atom is -0.468 e. The molecule has 0 unspecified atom stereocenters. The zero-order valence-corrected chi connectivity index (χ0v) is 11.6. The van der Waals surface area contributed by atoms with Gasteiger partial charge in [0.2, 0.25) is 0 Å². The van der Waals surface area contributed by atoms with Crippen molar-refractivity contribution < 1.29 is 14.3 Å². The zero-order chi connectivity index (χ0) is 12.1. The Morgan fingerprint density at radius 1 is 1.38 bits per heavy atom. The molecule has 0 spiro atoms. The molecule has 4 nitrogen and oxygen atoms in total. The van der Waals surface area contributed by atoms with E-state index in [2.05, 4.69) is 41.9 Å². The van der Waals surface area contributed by atoms with Crippen LogP contribution in [0.15, 0.2) is 27.1 Å². The standard InChI is InChI=1S/C10H9Br2NO3/c1-16-9(14)5-13-10(15)7-3-2-6(11)4-8(7)12/h2-4H,5H2,1H3,(H,13,15). The Hall–Kier alpha value is -0.880. The van der Waals surface area contributed by atoms with E-state index < -0.39 is 5.97 Å². The van der Waals surface area contributed by atoms with Gasteiger partial charge < -0.3 is 10.1 Å². The van der Waals surface area contributed by atoms with Gasteiger partial charge in [0.25, 0.3) is 5.91 Å². The fourth-order valence-electron chi connectivity index (χ4n) is 0.993. The lowest BCUT2D eigenvalue weighted by Crippen LogP contribution is -2.30. The number of halogens is 2. The first-order chi connectivity index (χ1) is 7.54. The second-order valence-electron chi connectivity index (χ2n) is 2.88. The molecule has 0 fully saturated rings. The summed E-state index contributed by atoms with van der Waals surface area (Å²) < 4.78 is 5.93. The van der Waals surface area contributed by atoms with Crippen molar-refractivity contribution in [2.75, 3.05) is 13.7 Å². The number of ether oxygens (including phenoxy) is 1. The number of esters is 1. The van der Waals surface area contributed by atoms with Crippen molar-refractivity contribution in [3.05, 3.63) is 32.7 Å². The summed E-state index contributed by atoms with van der Waals surface area (Å²) in [6.07, 6.45) is 0. The first-order valence-electron chi connectivity index (χ1n) is 4.34. The van der Waals surface area contributed by atoms with Crippen LogP contribution in [0.25, 0.3) is 0 Å². The molecule has 0 aromatic heterocycles. The van der Waals surface area contributed by atoms with Crippen LogP contribution in [0.3, 0.4) is 0 Å². The maximum atomic E-state index is 11.6. The van der Waals surface area contributed by atoms with E-state index in [1.54, 1.807) is 18.2 Å². The summed E-state index contributed by atoms with van der Waals surface area (Å²) in [5.41, 5.74) is 0.465. The number of hydrogen-bond acceptors (Lipinski definition) is 3. The molecule has 0 saturated heterocycles. The molecule has 0 aliphatic carbocycles. The average Bonchev–Trinajstić information content (AvgIpc) is 2.25. The van der Waals surface area contributed by atoms with E-state index in [0.717, 1.165) is 4.47 Å². The van der Waals surface area contributed by atoms with E-state index in [9.17, 15) is 9.59 Å². The van der Waals surface area contributed by atoms with Gasteiger partial charge >= 0.3 is 5.97 Å². The molecule has 0 atom stereocenters. The number of hydrogen-bond donors (Lipinski definition) is 1. The Morgan fingerprint density at radius 3 is 2.62 bits per heavy atom.